The van der Waals surface area contributed by atoms with E-state index in [2.05, 4.69) is 36.4 Å². The molecule has 120 valence electrons. The van der Waals surface area contributed by atoms with Gasteiger partial charge in [-0.15, -0.1) is 0 Å². The van der Waals surface area contributed by atoms with E-state index in [4.69, 9.17) is 16.6 Å². The molecule has 0 amide bonds. The van der Waals surface area contributed by atoms with Crippen molar-refractivity contribution in [1.29, 1.82) is 0 Å². The Morgan fingerprint density at radius 2 is 1.12 bits per heavy atom. The molecule has 4 aromatic rings. The summed E-state index contributed by atoms with van der Waals surface area (Å²) in [6.45, 7) is 0. The maximum Gasteiger partial charge on any atom is 0.0787 e. The molecule has 0 unspecified atom stereocenters. The van der Waals surface area contributed by atoms with Gasteiger partial charge in [-0.1, -0.05) is 90.5 Å². The van der Waals surface area contributed by atoms with E-state index in [1.165, 1.54) is 0 Å². The Bertz CT molecular complexity index is 977. The van der Waals surface area contributed by atoms with Gasteiger partial charge in [0.15, 0.2) is 0 Å². The van der Waals surface area contributed by atoms with Gasteiger partial charge in [0.05, 0.1) is 11.4 Å². The molecule has 1 heterocycles. The molecule has 0 fully saturated rings. The van der Waals surface area contributed by atoms with Crippen LogP contribution < -0.4 is 0 Å². The molecule has 3 aromatic carbocycles. The third-order valence-electron chi connectivity index (χ3n) is 4.17. The molecule has 1 nitrogen and oxygen atoms in total. The number of pyridine rings is 1. The van der Waals surface area contributed by atoms with Crippen molar-refractivity contribution in [2.75, 3.05) is 0 Å². The summed E-state index contributed by atoms with van der Waals surface area (Å²) >= 11 is 6.05. The van der Waals surface area contributed by atoms with Crippen LogP contribution in [0.4, 0.5) is 0 Å². The topological polar surface area (TPSA) is 12.9 Å². The first-order valence-corrected chi connectivity index (χ1v) is 8.57. The highest BCUT2D eigenvalue weighted by atomic mass is 35.5. The molecule has 0 spiro atoms. The zero-order valence-corrected chi connectivity index (χ0v) is 14.3. The monoisotopic (exact) mass is 341 g/mol. The molecule has 25 heavy (non-hydrogen) atoms. The number of benzene rings is 3. The van der Waals surface area contributed by atoms with Gasteiger partial charge in [-0.3, -0.25) is 0 Å². The minimum absolute atomic E-state index is 0.735. The molecule has 0 N–H and O–H groups in total. The van der Waals surface area contributed by atoms with E-state index < -0.39 is 0 Å². The summed E-state index contributed by atoms with van der Waals surface area (Å²) in [5.74, 6) is 0. The van der Waals surface area contributed by atoms with Gasteiger partial charge in [-0.25, -0.2) is 4.98 Å². The highest BCUT2D eigenvalue weighted by molar-refractivity contribution is 6.30. The predicted octanol–water partition coefficient (Wildman–Crippen LogP) is 6.74. The quantitative estimate of drug-likeness (QED) is 0.402. The molecule has 1 aromatic heterocycles. The Kier molecular flexibility index (Phi) is 4.32. The summed E-state index contributed by atoms with van der Waals surface area (Å²) in [7, 11) is 0. The number of hydrogen-bond donors (Lipinski definition) is 0. The lowest BCUT2D eigenvalue weighted by molar-refractivity contribution is 1.32. The van der Waals surface area contributed by atoms with Crippen LogP contribution in [0.15, 0.2) is 97.1 Å². The predicted molar refractivity (Wildman–Crippen MR) is 106 cm³/mol. The first-order valence-electron chi connectivity index (χ1n) is 8.19. The Balaban J connectivity index is 1.91. The summed E-state index contributed by atoms with van der Waals surface area (Å²) in [5.41, 5.74) is 6.37. The van der Waals surface area contributed by atoms with E-state index in [1.54, 1.807) is 0 Å². The first kappa shape index (κ1) is 15.6. The third-order valence-corrected chi connectivity index (χ3v) is 4.42. The van der Waals surface area contributed by atoms with Gasteiger partial charge >= 0.3 is 0 Å². The summed E-state index contributed by atoms with van der Waals surface area (Å²) in [6.07, 6.45) is 0. The summed E-state index contributed by atoms with van der Waals surface area (Å²) in [6, 6.07) is 32.7. The Hall–Kier alpha value is -2.90. The van der Waals surface area contributed by atoms with E-state index in [-0.39, 0.29) is 0 Å². The molecule has 0 aliphatic carbocycles. The van der Waals surface area contributed by atoms with Crippen LogP contribution in [0.5, 0.6) is 0 Å². The Morgan fingerprint density at radius 1 is 0.520 bits per heavy atom. The molecule has 0 bridgehead atoms. The molecule has 0 atom stereocenters. The summed E-state index contributed by atoms with van der Waals surface area (Å²) in [5, 5.41) is 0.735. The molecule has 0 aliphatic heterocycles. The van der Waals surface area contributed by atoms with Crippen LogP contribution in [0.1, 0.15) is 0 Å². The number of halogens is 1. The molecule has 2 heteroatoms. The summed E-state index contributed by atoms with van der Waals surface area (Å²) in [4.78, 5) is 4.98. The largest absolute Gasteiger partial charge is 0.247 e. The van der Waals surface area contributed by atoms with Crippen molar-refractivity contribution in [3.8, 4) is 33.6 Å². The van der Waals surface area contributed by atoms with Crippen LogP contribution in [0.2, 0.25) is 5.02 Å². The van der Waals surface area contributed by atoms with E-state index in [1.807, 2.05) is 60.7 Å². The average molecular weight is 342 g/mol. The van der Waals surface area contributed by atoms with E-state index in [0.29, 0.717) is 0 Å². The number of nitrogens with zero attached hydrogens (tertiary/aromatic N) is 1. The maximum atomic E-state index is 6.05. The van der Waals surface area contributed by atoms with Gasteiger partial charge in [0.25, 0.3) is 0 Å². The molecular weight excluding hydrogens is 326 g/mol. The molecule has 4 rings (SSSR count). The van der Waals surface area contributed by atoms with Crippen LogP contribution in [0.25, 0.3) is 33.6 Å². The number of rotatable bonds is 3. The van der Waals surface area contributed by atoms with E-state index in [9.17, 15) is 0 Å². The second-order valence-electron chi connectivity index (χ2n) is 5.83. The lowest BCUT2D eigenvalue weighted by atomic mass is 9.98. The van der Waals surface area contributed by atoms with Crippen molar-refractivity contribution < 1.29 is 0 Å². The van der Waals surface area contributed by atoms with Gasteiger partial charge in [0.2, 0.25) is 0 Å². The number of aromatic nitrogens is 1. The van der Waals surface area contributed by atoms with Gasteiger partial charge in [0, 0.05) is 21.7 Å². The highest BCUT2D eigenvalue weighted by Crippen LogP contribution is 2.33. The second kappa shape index (κ2) is 6.92. The molecule has 0 saturated carbocycles. The molecule has 0 radical (unpaired) electrons. The minimum atomic E-state index is 0.735. The van der Waals surface area contributed by atoms with Crippen molar-refractivity contribution in [2.24, 2.45) is 0 Å². The Morgan fingerprint density at radius 3 is 1.76 bits per heavy atom. The van der Waals surface area contributed by atoms with Crippen LogP contribution in [-0.4, -0.2) is 4.98 Å². The average Bonchev–Trinajstić information content (AvgIpc) is 2.70. The third kappa shape index (κ3) is 3.33. The molecule has 0 aliphatic rings. The van der Waals surface area contributed by atoms with Crippen molar-refractivity contribution >= 4 is 11.6 Å². The standard InChI is InChI=1S/C23H16ClN/c24-20-13-11-17(12-14-20)21-15-16-22(18-7-3-1-4-8-18)25-23(21)19-9-5-2-6-10-19/h1-16H. The molecule has 0 saturated heterocycles. The van der Waals surface area contributed by atoms with Gasteiger partial charge in [0.1, 0.15) is 0 Å². The normalized spacial score (nSPS) is 10.6. The smallest absolute Gasteiger partial charge is 0.0787 e. The zero-order chi connectivity index (χ0) is 17.1. The van der Waals surface area contributed by atoms with Crippen LogP contribution in [0.3, 0.4) is 0 Å². The van der Waals surface area contributed by atoms with Crippen molar-refractivity contribution in [2.45, 2.75) is 0 Å². The van der Waals surface area contributed by atoms with Crippen molar-refractivity contribution in [3.05, 3.63) is 102 Å². The van der Waals surface area contributed by atoms with Crippen molar-refractivity contribution in [3.63, 3.8) is 0 Å². The first-order chi connectivity index (χ1) is 12.3. The van der Waals surface area contributed by atoms with Crippen LogP contribution >= 0.6 is 11.6 Å². The highest BCUT2D eigenvalue weighted by Gasteiger charge is 2.11. The SMILES string of the molecule is Clc1ccc(-c2ccc(-c3ccccc3)nc2-c2ccccc2)cc1. The minimum Gasteiger partial charge on any atom is -0.247 e. The molecular formula is C23H16ClN. The fourth-order valence-corrected chi connectivity index (χ4v) is 3.03. The van der Waals surface area contributed by atoms with Crippen LogP contribution in [-0.2, 0) is 0 Å². The van der Waals surface area contributed by atoms with Crippen molar-refractivity contribution in [1.82, 2.24) is 4.98 Å². The maximum absolute atomic E-state index is 6.05. The zero-order valence-electron chi connectivity index (χ0n) is 13.6. The van der Waals surface area contributed by atoms with E-state index >= 15 is 0 Å². The Labute approximate surface area is 152 Å². The van der Waals surface area contributed by atoms with Crippen LogP contribution in [0, 0.1) is 0 Å². The number of hydrogen-bond acceptors (Lipinski definition) is 1. The fraction of sp³-hybridized carbons (Fsp3) is 0. The fourth-order valence-electron chi connectivity index (χ4n) is 2.91. The second-order valence-corrected chi connectivity index (χ2v) is 6.27. The lowest BCUT2D eigenvalue weighted by Gasteiger charge is -2.12. The van der Waals surface area contributed by atoms with Gasteiger partial charge < -0.3 is 0 Å². The van der Waals surface area contributed by atoms with E-state index in [0.717, 1.165) is 38.7 Å². The summed E-state index contributed by atoms with van der Waals surface area (Å²) < 4.78 is 0. The van der Waals surface area contributed by atoms with Gasteiger partial charge in [-0.2, -0.15) is 0 Å². The lowest BCUT2D eigenvalue weighted by Crippen LogP contribution is -1.92. The van der Waals surface area contributed by atoms with Gasteiger partial charge in [-0.05, 0) is 23.8 Å².